The Morgan fingerprint density at radius 2 is 1.69 bits per heavy atom. The van der Waals surface area contributed by atoms with Crippen molar-refractivity contribution in [3.05, 3.63) is 101 Å². The quantitative estimate of drug-likeness (QED) is 0.377. The summed E-state index contributed by atoms with van der Waals surface area (Å²) in [6, 6.07) is 24.1. The van der Waals surface area contributed by atoms with Gasteiger partial charge in [0.1, 0.15) is 0 Å². The average Bonchev–Trinajstić information content (AvgIpc) is 3.00. The van der Waals surface area contributed by atoms with E-state index in [0.717, 1.165) is 33.4 Å². The van der Waals surface area contributed by atoms with Gasteiger partial charge in [0, 0.05) is 28.2 Å². The van der Waals surface area contributed by atoms with Crippen molar-refractivity contribution in [2.75, 3.05) is 0 Å². The predicted molar refractivity (Wildman–Crippen MR) is 119 cm³/mol. The second-order valence-electron chi connectivity index (χ2n) is 7.26. The number of hydrogen-bond donors (Lipinski definition) is 1. The normalized spacial score (nSPS) is 11.3. The van der Waals surface area contributed by atoms with Crippen molar-refractivity contribution in [2.24, 2.45) is 5.10 Å². The van der Waals surface area contributed by atoms with Crippen molar-refractivity contribution in [3.63, 3.8) is 0 Å². The van der Waals surface area contributed by atoms with Crippen molar-refractivity contribution in [1.29, 1.82) is 0 Å². The van der Waals surface area contributed by atoms with E-state index in [1.165, 1.54) is 5.56 Å². The van der Waals surface area contributed by atoms with Crippen LogP contribution < -0.4 is 5.43 Å². The molecule has 4 nitrogen and oxygen atoms in total. The van der Waals surface area contributed by atoms with Gasteiger partial charge in [0.05, 0.1) is 6.21 Å². The Balaban J connectivity index is 1.53. The molecule has 0 saturated heterocycles. The molecule has 0 bridgehead atoms. The zero-order valence-corrected chi connectivity index (χ0v) is 16.8. The van der Waals surface area contributed by atoms with Crippen LogP contribution in [0, 0.1) is 20.8 Å². The van der Waals surface area contributed by atoms with Crippen LogP contribution in [0.4, 0.5) is 0 Å². The summed E-state index contributed by atoms with van der Waals surface area (Å²) in [5.41, 5.74) is 8.74. The molecule has 144 valence electrons. The van der Waals surface area contributed by atoms with E-state index in [1.54, 1.807) is 6.21 Å². The highest BCUT2D eigenvalue weighted by atomic mass is 16.2. The van der Waals surface area contributed by atoms with Gasteiger partial charge in [-0.15, -0.1) is 0 Å². The topological polar surface area (TPSA) is 46.4 Å². The molecule has 1 heterocycles. The molecule has 0 saturated carbocycles. The number of nitrogens with zero attached hydrogens (tertiary/aromatic N) is 2. The molecule has 0 atom stereocenters. The Morgan fingerprint density at radius 1 is 0.897 bits per heavy atom. The molecule has 4 heteroatoms. The number of amides is 1. The number of benzene rings is 3. The molecule has 29 heavy (non-hydrogen) atoms. The Labute approximate surface area is 170 Å². The van der Waals surface area contributed by atoms with Gasteiger partial charge in [-0.1, -0.05) is 42.5 Å². The van der Waals surface area contributed by atoms with Gasteiger partial charge in [0.15, 0.2) is 0 Å². The van der Waals surface area contributed by atoms with Crippen LogP contribution in [0.2, 0.25) is 0 Å². The van der Waals surface area contributed by atoms with E-state index >= 15 is 0 Å². The maximum atomic E-state index is 12.5. The SMILES string of the molecule is Cc1cccc(-n2c(C)cc(/C=N\NC(=O)c3ccc4ccccc4c3)c2C)c1. The molecule has 0 aliphatic heterocycles. The third kappa shape index (κ3) is 3.83. The number of carbonyl (C=O) groups is 1. The first-order chi connectivity index (χ1) is 14.0. The predicted octanol–water partition coefficient (Wildman–Crippen LogP) is 5.32. The van der Waals surface area contributed by atoms with Crippen LogP contribution >= 0.6 is 0 Å². The summed E-state index contributed by atoms with van der Waals surface area (Å²) in [6.45, 7) is 6.21. The number of aryl methyl sites for hydroxylation is 2. The molecule has 1 N–H and O–H groups in total. The number of aromatic nitrogens is 1. The molecule has 1 amide bonds. The largest absolute Gasteiger partial charge is 0.318 e. The lowest BCUT2D eigenvalue weighted by Gasteiger charge is -2.10. The fourth-order valence-corrected chi connectivity index (χ4v) is 3.64. The Bertz CT molecular complexity index is 1230. The first-order valence-corrected chi connectivity index (χ1v) is 9.61. The number of carbonyl (C=O) groups excluding carboxylic acids is 1. The molecule has 0 unspecified atom stereocenters. The van der Waals surface area contributed by atoms with E-state index in [0.29, 0.717) is 5.56 Å². The number of nitrogens with one attached hydrogen (secondary N) is 1. The summed E-state index contributed by atoms with van der Waals surface area (Å²) >= 11 is 0. The Morgan fingerprint density at radius 3 is 2.48 bits per heavy atom. The molecule has 4 rings (SSSR count). The highest BCUT2D eigenvalue weighted by Crippen LogP contribution is 2.20. The molecular weight excluding hydrogens is 358 g/mol. The van der Waals surface area contributed by atoms with Crippen LogP contribution in [0.5, 0.6) is 0 Å². The van der Waals surface area contributed by atoms with E-state index < -0.39 is 0 Å². The van der Waals surface area contributed by atoms with Gasteiger partial charge >= 0.3 is 0 Å². The summed E-state index contributed by atoms with van der Waals surface area (Å²) in [6.07, 6.45) is 1.70. The molecule has 0 aliphatic rings. The van der Waals surface area contributed by atoms with Crippen LogP contribution in [0.1, 0.15) is 32.9 Å². The van der Waals surface area contributed by atoms with Crippen molar-refractivity contribution in [2.45, 2.75) is 20.8 Å². The Hall–Kier alpha value is -3.66. The van der Waals surface area contributed by atoms with Gasteiger partial charge in [-0.25, -0.2) is 5.43 Å². The highest BCUT2D eigenvalue weighted by Gasteiger charge is 2.10. The second kappa shape index (κ2) is 7.76. The smallest absolute Gasteiger partial charge is 0.271 e. The molecule has 0 spiro atoms. The van der Waals surface area contributed by atoms with Crippen molar-refractivity contribution in [3.8, 4) is 5.69 Å². The highest BCUT2D eigenvalue weighted by molar-refractivity contribution is 5.99. The van der Waals surface area contributed by atoms with E-state index in [2.05, 4.69) is 66.2 Å². The van der Waals surface area contributed by atoms with Crippen LogP contribution in [0.3, 0.4) is 0 Å². The summed E-state index contributed by atoms with van der Waals surface area (Å²) in [5, 5.41) is 6.33. The van der Waals surface area contributed by atoms with Crippen molar-refractivity contribution < 1.29 is 4.79 Å². The third-order valence-electron chi connectivity index (χ3n) is 5.11. The zero-order valence-electron chi connectivity index (χ0n) is 16.8. The fraction of sp³-hybridized carbons (Fsp3) is 0.120. The van der Waals surface area contributed by atoms with Crippen LogP contribution in [-0.2, 0) is 0 Å². The number of hydrogen-bond acceptors (Lipinski definition) is 2. The first-order valence-electron chi connectivity index (χ1n) is 9.61. The minimum absolute atomic E-state index is 0.223. The lowest BCUT2D eigenvalue weighted by atomic mass is 10.1. The molecular formula is C25H23N3O. The van der Waals surface area contributed by atoms with Gasteiger partial charge in [-0.3, -0.25) is 4.79 Å². The maximum Gasteiger partial charge on any atom is 0.271 e. The Kier molecular flexibility index (Phi) is 5.00. The lowest BCUT2D eigenvalue weighted by molar-refractivity contribution is 0.0955. The van der Waals surface area contributed by atoms with Gasteiger partial charge in [-0.2, -0.15) is 5.10 Å². The fourth-order valence-electron chi connectivity index (χ4n) is 3.64. The average molecular weight is 381 g/mol. The van der Waals surface area contributed by atoms with Gasteiger partial charge in [0.25, 0.3) is 5.91 Å². The van der Waals surface area contributed by atoms with Gasteiger partial charge < -0.3 is 4.57 Å². The summed E-state index contributed by atoms with van der Waals surface area (Å²) in [4.78, 5) is 12.5. The van der Waals surface area contributed by atoms with Gasteiger partial charge in [-0.05, 0) is 67.4 Å². The minimum Gasteiger partial charge on any atom is -0.318 e. The molecule has 1 aromatic heterocycles. The molecule has 0 aliphatic carbocycles. The van der Waals surface area contributed by atoms with E-state index in [9.17, 15) is 4.79 Å². The van der Waals surface area contributed by atoms with Crippen LogP contribution in [0.25, 0.3) is 16.5 Å². The van der Waals surface area contributed by atoms with E-state index in [1.807, 2.05) is 42.5 Å². The van der Waals surface area contributed by atoms with E-state index in [4.69, 9.17) is 0 Å². The number of fused-ring (bicyclic) bond motifs is 1. The summed E-state index contributed by atoms with van der Waals surface area (Å²) < 4.78 is 2.19. The standard InChI is InChI=1S/C25H23N3O/c1-17-7-6-10-24(13-17)28-18(2)14-23(19(28)3)16-26-27-25(29)22-12-11-20-8-4-5-9-21(20)15-22/h4-16H,1-3H3,(H,27,29)/b26-16-. The molecule has 0 radical (unpaired) electrons. The summed E-state index contributed by atoms with van der Waals surface area (Å²) in [7, 11) is 0. The molecule has 3 aromatic carbocycles. The molecule has 4 aromatic rings. The van der Waals surface area contributed by atoms with Crippen molar-refractivity contribution >= 4 is 22.9 Å². The maximum absolute atomic E-state index is 12.5. The zero-order chi connectivity index (χ0) is 20.4. The minimum atomic E-state index is -0.223. The van der Waals surface area contributed by atoms with Gasteiger partial charge in [0.2, 0.25) is 0 Å². The monoisotopic (exact) mass is 381 g/mol. The summed E-state index contributed by atoms with van der Waals surface area (Å²) in [5.74, 6) is -0.223. The first kappa shape index (κ1) is 18.7. The third-order valence-corrected chi connectivity index (χ3v) is 5.11. The molecule has 0 fully saturated rings. The van der Waals surface area contributed by atoms with Crippen LogP contribution in [-0.4, -0.2) is 16.7 Å². The van der Waals surface area contributed by atoms with Crippen LogP contribution in [0.15, 0.2) is 77.9 Å². The van der Waals surface area contributed by atoms with Crippen molar-refractivity contribution in [1.82, 2.24) is 9.99 Å². The lowest BCUT2D eigenvalue weighted by Crippen LogP contribution is -2.17. The number of rotatable bonds is 4. The van der Waals surface area contributed by atoms with E-state index in [-0.39, 0.29) is 5.91 Å². The second-order valence-corrected chi connectivity index (χ2v) is 7.26. The number of hydrazone groups is 1.